The Hall–Kier alpha value is -1.04. The lowest BCUT2D eigenvalue weighted by Crippen LogP contribution is -2.30. The smallest absolute Gasteiger partial charge is 0.402 e. The molecule has 86 valence electrons. The molecule has 0 aromatic rings. The Morgan fingerprint density at radius 1 is 1.53 bits per heavy atom. The maximum Gasteiger partial charge on any atom is 0.407 e. The highest BCUT2D eigenvalue weighted by molar-refractivity contribution is 5.80. The Morgan fingerprint density at radius 2 is 2.20 bits per heavy atom. The summed E-state index contributed by atoms with van der Waals surface area (Å²) >= 11 is 0. The third-order valence-electron chi connectivity index (χ3n) is 2.13. The van der Waals surface area contributed by atoms with Crippen LogP contribution in [0.4, 0.5) is 13.2 Å². The van der Waals surface area contributed by atoms with Crippen molar-refractivity contribution in [2.45, 2.75) is 12.6 Å². The van der Waals surface area contributed by atoms with Gasteiger partial charge in [0.15, 0.2) is 0 Å². The molecule has 0 saturated heterocycles. The van der Waals surface area contributed by atoms with E-state index in [0.29, 0.717) is 24.2 Å². The quantitative estimate of drug-likeness (QED) is 0.711. The van der Waals surface area contributed by atoms with Gasteiger partial charge in [0.2, 0.25) is 0 Å². The van der Waals surface area contributed by atoms with E-state index < -0.39 is 12.7 Å². The molecule has 0 aromatic heterocycles. The molecule has 1 aliphatic rings. The second-order valence-corrected chi connectivity index (χ2v) is 3.62. The summed E-state index contributed by atoms with van der Waals surface area (Å²) in [6, 6.07) is 0. The predicted molar refractivity (Wildman–Crippen MR) is 52.7 cm³/mol. The standard InChI is InChI=1S/C9H14F3N3/c1-15-3-2-8(13)7(5-15)4-14-6-9(10,11)12/h4H,2-3,5-6,13H2,1H3. The molecule has 0 amide bonds. The van der Waals surface area contributed by atoms with Crippen molar-refractivity contribution in [3.63, 3.8) is 0 Å². The summed E-state index contributed by atoms with van der Waals surface area (Å²) in [5, 5.41) is 0. The number of nitrogens with zero attached hydrogens (tertiary/aromatic N) is 2. The highest BCUT2D eigenvalue weighted by Crippen LogP contribution is 2.15. The van der Waals surface area contributed by atoms with Gasteiger partial charge in [-0.25, -0.2) is 0 Å². The maximum absolute atomic E-state index is 11.8. The summed E-state index contributed by atoms with van der Waals surface area (Å²) in [5.74, 6) is 0. The highest BCUT2D eigenvalue weighted by atomic mass is 19.4. The van der Waals surface area contributed by atoms with Crippen LogP contribution < -0.4 is 5.73 Å². The Labute approximate surface area is 86.5 Å². The van der Waals surface area contributed by atoms with Crippen LogP contribution in [0, 0.1) is 0 Å². The number of rotatable bonds is 2. The van der Waals surface area contributed by atoms with Crippen molar-refractivity contribution in [3.8, 4) is 0 Å². The molecule has 0 bridgehead atoms. The SMILES string of the molecule is CN1CCC(N)=C(C=NCC(F)(F)F)C1. The van der Waals surface area contributed by atoms with Gasteiger partial charge in [0.05, 0.1) is 0 Å². The van der Waals surface area contributed by atoms with Gasteiger partial charge >= 0.3 is 6.18 Å². The molecule has 1 heterocycles. The number of nitrogens with two attached hydrogens (primary N) is 1. The van der Waals surface area contributed by atoms with E-state index in [0.717, 1.165) is 6.54 Å². The third-order valence-corrected chi connectivity index (χ3v) is 2.13. The van der Waals surface area contributed by atoms with Gasteiger partial charge in [-0.3, -0.25) is 4.99 Å². The predicted octanol–water partition coefficient (Wildman–Crippen LogP) is 1.17. The number of hydrogen-bond donors (Lipinski definition) is 1. The fourth-order valence-electron chi connectivity index (χ4n) is 1.33. The molecule has 0 spiro atoms. The molecule has 0 unspecified atom stereocenters. The van der Waals surface area contributed by atoms with Crippen molar-refractivity contribution in [2.24, 2.45) is 10.7 Å². The highest BCUT2D eigenvalue weighted by Gasteiger charge is 2.26. The van der Waals surface area contributed by atoms with Crippen LogP contribution in [0.5, 0.6) is 0 Å². The zero-order chi connectivity index (χ0) is 11.5. The summed E-state index contributed by atoms with van der Waals surface area (Å²) in [6.45, 7) is 0.253. The van der Waals surface area contributed by atoms with Crippen LogP contribution in [0.25, 0.3) is 0 Å². The minimum atomic E-state index is -4.24. The monoisotopic (exact) mass is 221 g/mol. The summed E-state index contributed by atoms with van der Waals surface area (Å²) in [6.07, 6.45) is -2.32. The lowest BCUT2D eigenvalue weighted by Gasteiger charge is -2.23. The number of likely N-dealkylation sites (N-methyl/N-ethyl adjacent to an activating group) is 1. The lowest BCUT2D eigenvalue weighted by molar-refractivity contribution is -0.118. The van der Waals surface area contributed by atoms with Crippen molar-refractivity contribution < 1.29 is 13.2 Å². The molecular weight excluding hydrogens is 207 g/mol. The normalized spacial score (nSPS) is 20.3. The topological polar surface area (TPSA) is 41.6 Å². The Bertz CT molecular complexity index is 281. The van der Waals surface area contributed by atoms with Crippen molar-refractivity contribution in [1.29, 1.82) is 0 Å². The zero-order valence-corrected chi connectivity index (χ0v) is 8.51. The van der Waals surface area contributed by atoms with Crippen LogP contribution in [0.15, 0.2) is 16.3 Å². The van der Waals surface area contributed by atoms with Crippen molar-refractivity contribution in [1.82, 2.24) is 4.90 Å². The Kier molecular flexibility index (Phi) is 3.73. The Balaban J connectivity index is 2.57. The van der Waals surface area contributed by atoms with E-state index in [1.807, 2.05) is 11.9 Å². The summed E-state index contributed by atoms with van der Waals surface area (Å²) < 4.78 is 35.4. The Morgan fingerprint density at radius 3 is 2.80 bits per heavy atom. The molecule has 15 heavy (non-hydrogen) atoms. The van der Waals surface area contributed by atoms with Gasteiger partial charge in [0.25, 0.3) is 0 Å². The minimum Gasteiger partial charge on any atom is -0.402 e. The van der Waals surface area contributed by atoms with E-state index in [4.69, 9.17) is 5.73 Å². The molecule has 6 heteroatoms. The van der Waals surface area contributed by atoms with E-state index in [9.17, 15) is 13.2 Å². The number of aliphatic imine (C=N–C) groups is 1. The zero-order valence-electron chi connectivity index (χ0n) is 8.51. The second kappa shape index (κ2) is 4.65. The van der Waals surface area contributed by atoms with Gasteiger partial charge in [0, 0.05) is 37.0 Å². The molecule has 1 aliphatic heterocycles. The average Bonchev–Trinajstić information content (AvgIpc) is 2.09. The van der Waals surface area contributed by atoms with Gasteiger partial charge < -0.3 is 10.6 Å². The number of halogens is 3. The molecule has 0 atom stereocenters. The molecular formula is C9H14F3N3. The van der Waals surface area contributed by atoms with Crippen molar-refractivity contribution in [2.75, 3.05) is 26.7 Å². The molecule has 0 aliphatic carbocycles. The number of hydrogen-bond acceptors (Lipinski definition) is 3. The van der Waals surface area contributed by atoms with Crippen LogP contribution in [0.2, 0.25) is 0 Å². The van der Waals surface area contributed by atoms with Gasteiger partial charge in [-0.2, -0.15) is 13.2 Å². The molecule has 0 fully saturated rings. The van der Waals surface area contributed by atoms with Crippen molar-refractivity contribution in [3.05, 3.63) is 11.3 Å². The molecule has 2 N–H and O–H groups in total. The van der Waals surface area contributed by atoms with Gasteiger partial charge in [-0.1, -0.05) is 0 Å². The van der Waals surface area contributed by atoms with E-state index in [-0.39, 0.29) is 0 Å². The molecule has 0 aromatic carbocycles. The van der Waals surface area contributed by atoms with Gasteiger partial charge in [-0.05, 0) is 7.05 Å². The molecule has 0 saturated carbocycles. The summed E-state index contributed by atoms with van der Waals surface area (Å²) in [5.41, 5.74) is 7.00. The lowest BCUT2D eigenvalue weighted by atomic mass is 10.1. The first kappa shape index (κ1) is 12.0. The second-order valence-electron chi connectivity index (χ2n) is 3.62. The first-order valence-electron chi connectivity index (χ1n) is 4.61. The largest absolute Gasteiger partial charge is 0.407 e. The van der Waals surface area contributed by atoms with E-state index >= 15 is 0 Å². The molecule has 1 rings (SSSR count). The van der Waals surface area contributed by atoms with Crippen LogP contribution in [0.1, 0.15) is 6.42 Å². The molecule has 0 radical (unpaired) electrons. The van der Waals surface area contributed by atoms with Crippen LogP contribution in [-0.4, -0.2) is 44.0 Å². The van der Waals surface area contributed by atoms with Crippen molar-refractivity contribution >= 4 is 6.21 Å². The number of alkyl halides is 3. The fourth-order valence-corrected chi connectivity index (χ4v) is 1.33. The van der Waals surface area contributed by atoms with Crippen LogP contribution in [0.3, 0.4) is 0 Å². The third kappa shape index (κ3) is 4.33. The maximum atomic E-state index is 11.8. The van der Waals surface area contributed by atoms with Gasteiger partial charge in [0.1, 0.15) is 6.54 Å². The first-order valence-corrected chi connectivity index (χ1v) is 4.61. The molecule has 3 nitrogen and oxygen atoms in total. The summed E-state index contributed by atoms with van der Waals surface area (Å²) in [7, 11) is 1.89. The van der Waals surface area contributed by atoms with E-state index in [1.165, 1.54) is 6.21 Å². The van der Waals surface area contributed by atoms with Crippen LogP contribution in [-0.2, 0) is 0 Å². The van der Waals surface area contributed by atoms with Crippen LogP contribution >= 0.6 is 0 Å². The summed E-state index contributed by atoms with van der Waals surface area (Å²) in [4.78, 5) is 5.33. The van der Waals surface area contributed by atoms with Gasteiger partial charge in [-0.15, -0.1) is 0 Å². The minimum absolute atomic E-state index is 0.563. The first-order chi connectivity index (χ1) is 6.88. The van der Waals surface area contributed by atoms with E-state index in [1.54, 1.807) is 0 Å². The average molecular weight is 221 g/mol. The fraction of sp³-hybridized carbons (Fsp3) is 0.667. The van der Waals surface area contributed by atoms with E-state index in [2.05, 4.69) is 4.99 Å².